The van der Waals surface area contributed by atoms with Crippen molar-refractivity contribution < 1.29 is 18.3 Å². The predicted octanol–water partition coefficient (Wildman–Crippen LogP) is 4.21. The monoisotopic (exact) mass is 345 g/mol. The van der Waals surface area contributed by atoms with E-state index in [1.54, 1.807) is 18.2 Å². The number of hydrogen-bond donors (Lipinski definition) is 0. The molecule has 0 saturated carbocycles. The molecule has 0 bridgehead atoms. The summed E-state index contributed by atoms with van der Waals surface area (Å²) < 4.78 is 32.8. The number of Topliss-reactive ketones (excluding diaryl/α,β-unsaturated/α-hetero) is 1. The first kappa shape index (κ1) is 17.5. The van der Waals surface area contributed by atoms with Gasteiger partial charge in [-0.3, -0.25) is 9.69 Å². The topological polar surface area (TPSA) is 29.5 Å². The van der Waals surface area contributed by atoms with E-state index in [2.05, 4.69) is 4.90 Å². The van der Waals surface area contributed by atoms with Gasteiger partial charge < -0.3 is 4.74 Å². The second-order valence-electron chi connectivity index (χ2n) is 6.42. The molecule has 3 nitrogen and oxygen atoms in total. The van der Waals surface area contributed by atoms with Gasteiger partial charge in [-0.15, -0.1) is 0 Å². The average Bonchev–Trinajstić information content (AvgIpc) is 2.60. The molecule has 1 aliphatic heterocycles. The van der Waals surface area contributed by atoms with Gasteiger partial charge in [-0.1, -0.05) is 12.1 Å². The molecule has 132 valence electrons. The van der Waals surface area contributed by atoms with Crippen molar-refractivity contribution in [1.82, 2.24) is 4.90 Å². The number of benzene rings is 2. The van der Waals surface area contributed by atoms with Crippen molar-refractivity contribution in [3.05, 3.63) is 65.2 Å². The Labute approximate surface area is 146 Å². The van der Waals surface area contributed by atoms with E-state index in [4.69, 9.17) is 4.74 Å². The molecular weight excluding hydrogens is 324 g/mol. The average molecular weight is 345 g/mol. The summed E-state index contributed by atoms with van der Waals surface area (Å²) >= 11 is 0. The summed E-state index contributed by atoms with van der Waals surface area (Å²) in [6.45, 7) is 3.87. The lowest BCUT2D eigenvalue weighted by molar-refractivity contribution is 0.0934. The molecule has 1 saturated heterocycles. The van der Waals surface area contributed by atoms with Gasteiger partial charge in [0.05, 0.1) is 0 Å². The minimum Gasteiger partial charge on any atom is -0.487 e. The van der Waals surface area contributed by atoms with Gasteiger partial charge >= 0.3 is 0 Å². The van der Waals surface area contributed by atoms with E-state index in [0.717, 1.165) is 38.0 Å². The fraction of sp³-hybridized carbons (Fsp3) is 0.350. The molecule has 0 radical (unpaired) electrons. The maximum atomic E-state index is 14.0. The second kappa shape index (κ2) is 7.74. The number of ether oxygens (including phenoxy) is 1. The van der Waals surface area contributed by atoms with Crippen molar-refractivity contribution in [2.24, 2.45) is 0 Å². The minimum absolute atomic E-state index is 0.0397. The Balaban J connectivity index is 1.52. The number of carbonyl (C=O) groups is 1. The lowest BCUT2D eigenvalue weighted by Crippen LogP contribution is -2.37. The third kappa shape index (κ3) is 4.63. The van der Waals surface area contributed by atoms with Gasteiger partial charge in [0.15, 0.2) is 17.3 Å². The standard InChI is InChI=1S/C20H21F2NO2/c1-14(24)16-4-7-20(19(22)12-16)25-18-8-10-23(11-9-18)13-15-2-5-17(21)6-3-15/h2-7,12,18H,8-11,13H2,1H3. The molecule has 0 amide bonds. The van der Waals surface area contributed by atoms with Crippen LogP contribution in [-0.4, -0.2) is 29.9 Å². The number of rotatable bonds is 5. The Kier molecular flexibility index (Phi) is 5.43. The number of piperidine rings is 1. The SMILES string of the molecule is CC(=O)c1ccc(OC2CCN(Cc3ccc(F)cc3)CC2)c(F)c1. The molecule has 0 aliphatic carbocycles. The molecule has 0 spiro atoms. The van der Waals surface area contributed by atoms with Crippen molar-refractivity contribution in [1.29, 1.82) is 0 Å². The van der Waals surface area contributed by atoms with Crippen molar-refractivity contribution in [3.8, 4) is 5.75 Å². The van der Waals surface area contributed by atoms with Crippen LogP contribution in [-0.2, 0) is 6.54 Å². The van der Waals surface area contributed by atoms with E-state index < -0.39 is 5.82 Å². The quantitative estimate of drug-likeness (QED) is 0.760. The summed E-state index contributed by atoms with van der Waals surface area (Å²) in [6.07, 6.45) is 1.56. The van der Waals surface area contributed by atoms with Crippen LogP contribution in [0.5, 0.6) is 5.75 Å². The third-order valence-electron chi connectivity index (χ3n) is 4.49. The Morgan fingerprint density at radius 1 is 1.12 bits per heavy atom. The van der Waals surface area contributed by atoms with E-state index in [0.29, 0.717) is 5.56 Å². The molecule has 1 fully saturated rings. The summed E-state index contributed by atoms with van der Waals surface area (Å²) in [6, 6.07) is 10.9. The minimum atomic E-state index is -0.499. The molecule has 0 atom stereocenters. The van der Waals surface area contributed by atoms with E-state index in [9.17, 15) is 13.6 Å². The lowest BCUT2D eigenvalue weighted by atomic mass is 10.1. The Hall–Kier alpha value is -2.27. The lowest BCUT2D eigenvalue weighted by Gasteiger charge is -2.32. The molecule has 0 N–H and O–H groups in total. The smallest absolute Gasteiger partial charge is 0.165 e. The van der Waals surface area contributed by atoms with Crippen LogP contribution in [0, 0.1) is 11.6 Å². The summed E-state index contributed by atoms with van der Waals surface area (Å²) in [7, 11) is 0. The summed E-state index contributed by atoms with van der Waals surface area (Å²) in [5, 5.41) is 0. The number of ketones is 1. The molecule has 1 heterocycles. The molecule has 0 unspecified atom stereocenters. The highest BCUT2D eigenvalue weighted by molar-refractivity contribution is 5.94. The second-order valence-corrected chi connectivity index (χ2v) is 6.42. The van der Waals surface area contributed by atoms with Crippen LogP contribution >= 0.6 is 0 Å². The zero-order chi connectivity index (χ0) is 17.8. The van der Waals surface area contributed by atoms with Crippen LogP contribution in [0.4, 0.5) is 8.78 Å². The highest BCUT2D eigenvalue weighted by Gasteiger charge is 2.22. The van der Waals surface area contributed by atoms with Crippen LogP contribution in [0.2, 0.25) is 0 Å². The van der Waals surface area contributed by atoms with Crippen molar-refractivity contribution >= 4 is 5.78 Å². The van der Waals surface area contributed by atoms with E-state index in [1.165, 1.54) is 31.2 Å². The summed E-state index contributed by atoms with van der Waals surface area (Å²) in [5.41, 5.74) is 1.42. The maximum absolute atomic E-state index is 14.0. The Bertz CT molecular complexity index is 738. The first-order valence-electron chi connectivity index (χ1n) is 8.45. The number of likely N-dealkylation sites (tertiary alicyclic amines) is 1. The van der Waals surface area contributed by atoms with Crippen LogP contribution in [0.25, 0.3) is 0 Å². The fourth-order valence-corrected chi connectivity index (χ4v) is 3.03. The number of carbonyl (C=O) groups excluding carboxylic acids is 1. The Morgan fingerprint density at radius 3 is 2.40 bits per heavy atom. The van der Waals surface area contributed by atoms with Gasteiger partial charge in [0.1, 0.15) is 11.9 Å². The van der Waals surface area contributed by atoms with Gasteiger partial charge in [0.2, 0.25) is 0 Å². The van der Waals surface area contributed by atoms with Crippen molar-refractivity contribution in [2.45, 2.75) is 32.4 Å². The van der Waals surface area contributed by atoms with Crippen LogP contribution in [0.1, 0.15) is 35.7 Å². The molecule has 0 aromatic heterocycles. The molecule has 2 aromatic carbocycles. The van der Waals surface area contributed by atoms with E-state index >= 15 is 0 Å². The number of halogens is 2. The number of hydrogen-bond acceptors (Lipinski definition) is 3. The van der Waals surface area contributed by atoms with E-state index in [-0.39, 0.29) is 23.5 Å². The molecule has 3 rings (SSSR count). The van der Waals surface area contributed by atoms with Crippen molar-refractivity contribution in [2.75, 3.05) is 13.1 Å². The van der Waals surface area contributed by atoms with Gasteiger partial charge in [-0.2, -0.15) is 0 Å². The highest BCUT2D eigenvalue weighted by Crippen LogP contribution is 2.24. The maximum Gasteiger partial charge on any atom is 0.165 e. The first-order valence-corrected chi connectivity index (χ1v) is 8.45. The first-order chi connectivity index (χ1) is 12.0. The van der Waals surface area contributed by atoms with Crippen molar-refractivity contribution in [3.63, 3.8) is 0 Å². The zero-order valence-electron chi connectivity index (χ0n) is 14.2. The van der Waals surface area contributed by atoms with Gasteiger partial charge in [0.25, 0.3) is 0 Å². The van der Waals surface area contributed by atoms with Gasteiger partial charge in [-0.25, -0.2) is 8.78 Å². The fourth-order valence-electron chi connectivity index (χ4n) is 3.03. The van der Waals surface area contributed by atoms with Crippen LogP contribution in [0.15, 0.2) is 42.5 Å². The van der Waals surface area contributed by atoms with Crippen LogP contribution in [0.3, 0.4) is 0 Å². The largest absolute Gasteiger partial charge is 0.487 e. The molecule has 2 aromatic rings. The molecule has 1 aliphatic rings. The van der Waals surface area contributed by atoms with Gasteiger partial charge in [0, 0.05) is 25.2 Å². The normalized spacial score (nSPS) is 16.0. The van der Waals surface area contributed by atoms with E-state index in [1.807, 2.05) is 0 Å². The van der Waals surface area contributed by atoms with Gasteiger partial charge in [-0.05, 0) is 55.7 Å². The van der Waals surface area contributed by atoms with Crippen LogP contribution < -0.4 is 4.74 Å². The summed E-state index contributed by atoms with van der Waals surface area (Å²) in [5.74, 6) is -0.698. The highest BCUT2D eigenvalue weighted by atomic mass is 19.1. The predicted molar refractivity (Wildman–Crippen MR) is 91.7 cm³/mol. The Morgan fingerprint density at radius 2 is 1.80 bits per heavy atom. The molecular formula is C20H21F2NO2. The summed E-state index contributed by atoms with van der Waals surface area (Å²) in [4.78, 5) is 13.5. The number of nitrogens with zero attached hydrogens (tertiary/aromatic N) is 1. The zero-order valence-corrected chi connectivity index (χ0v) is 14.2. The molecule has 5 heteroatoms. The third-order valence-corrected chi connectivity index (χ3v) is 4.49. The molecule has 25 heavy (non-hydrogen) atoms.